The van der Waals surface area contributed by atoms with Crippen molar-refractivity contribution in [3.05, 3.63) is 118 Å². The van der Waals surface area contributed by atoms with E-state index >= 15 is 0 Å². The maximum Gasteiger partial charge on any atom is 0.333 e. The fourth-order valence-electron chi connectivity index (χ4n) is 4.52. The Kier molecular flexibility index (Phi) is 9.22. The molecule has 0 heterocycles. The minimum absolute atomic E-state index is 0.0350. The number of aryl methyl sites for hydroxylation is 4. The molecule has 0 fully saturated rings. The van der Waals surface area contributed by atoms with E-state index in [4.69, 9.17) is 0 Å². The number of amides is 4. The zero-order valence-electron chi connectivity index (χ0n) is 24.1. The number of anilines is 2. The molecule has 0 radical (unpaired) electrons. The molecule has 0 aliphatic heterocycles. The molecule has 0 aliphatic carbocycles. The number of carbonyl (C=O) groups excluding carboxylic acids is 2. The third-order valence-corrected chi connectivity index (χ3v) is 9.51. The minimum atomic E-state index is -4.03. The highest BCUT2D eigenvalue weighted by atomic mass is 32.2. The van der Waals surface area contributed by atoms with Gasteiger partial charge in [0.15, 0.2) is 0 Å². The summed E-state index contributed by atoms with van der Waals surface area (Å²) in [7, 11) is -8.07. The first kappa shape index (κ1) is 31.3. The molecule has 10 nitrogen and oxygen atoms in total. The number of hydrogen-bond donors (Lipinski definition) is 4. The molecule has 0 spiro atoms. The van der Waals surface area contributed by atoms with Gasteiger partial charge in [-0.05, 0) is 92.8 Å². The molecule has 0 aliphatic rings. The summed E-state index contributed by atoms with van der Waals surface area (Å²) in [5.41, 5.74) is 5.59. The first-order chi connectivity index (χ1) is 20.2. The number of urea groups is 2. The molecule has 4 N–H and O–H groups in total. The third kappa shape index (κ3) is 8.21. The lowest BCUT2D eigenvalue weighted by Gasteiger charge is -2.12. The Hall–Kier alpha value is -4.68. The molecule has 0 bridgehead atoms. The maximum absolute atomic E-state index is 12.6. The van der Waals surface area contributed by atoms with Crippen LogP contribution in [-0.4, -0.2) is 28.9 Å². The number of hydrogen-bond acceptors (Lipinski definition) is 6. The first-order valence-electron chi connectivity index (χ1n) is 13.2. The molecular weight excluding hydrogens is 588 g/mol. The first-order valence-corrected chi connectivity index (χ1v) is 16.2. The van der Waals surface area contributed by atoms with E-state index in [-0.39, 0.29) is 9.79 Å². The number of rotatable bonds is 8. The van der Waals surface area contributed by atoms with Gasteiger partial charge in [0.25, 0.3) is 20.0 Å². The average molecular weight is 621 g/mol. The molecule has 0 saturated heterocycles. The minimum Gasteiger partial charge on any atom is -0.307 e. The summed E-state index contributed by atoms with van der Waals surface area (Å²) in [5, 5.41) is 5.06. The molecule has 0 aromatic heterocycles. The maximum atomic E-state index is 12.6. The second kappa shape index (κ2) is 12.7. The normalized spacial score (nSPS) is 11.4. The van der Waals surface area contributed by atoms with Crippen LogP contribution in [0.1, 0.15) is 33.4 Å². The number of carbonyl (C=O) groups is 2. The van der Waals surface area contributed by atoms with Crippen molar-refractivity contribution in [1.82, 2.24) is 9.44 Å². The summed E-state index contributed by atoms with van der Waals surface area (Å²) < 4.78 is 54.6. The zero-order valence-corrected chi connectivity index (χ0v) is 25.7. The highest BCUT2D eigenvalue weighted by Gasteiger charge is 2.21. The quantitative estimate of drug-likeness (QED) is 0.203. The topological polar surface area (TPSA) is 151 Å². The van der Waals surface area contributed by atoms with Gasteiger partial charge in [-0.25, -0.2) is 35.9 Å². The van der Waals surface area contributed by atoms with Gasteiger partial charge in [-0.2, -0.15) is 0 Å². The fraction of sp³-hybridized carbons (Fsp3) is 0.161. The van der Waals surface area contributed by atoms with Crippen LogP contribution in [0.3, 0.4) is 0 Å². The van der Waals surface area contributed by atoms with Crippen LogP contribution in [-0.2, 0) is 26.5 Å². The Labute approximate surface area is 251 Å². The second-order valence-electron chi connectivity index (χ2n) is 10.2. The summed E-state index contributed by atoms with van der Waals surface area (Å²) in [5.74, 6) is 0. The standard InChI is InChI=1S/C31H32N4O6S2/c1-20-5-15-28(22(3)17-20)42(38,39)34-30(36)32-26-11-7-24(8-12-26)19-25-9-13-27(14-10-25)33-31(37)35-43(40,41)29-16-6-21(2)18-23(29)4/h5-18H,19H2,1-4H3,(H2,32,34,36)(H2,33,35,37). The lowest BCUT2D eigenvalue weighted by atomic mass is 10.0. The van der Waals surface area contributed by atoms with E-state index in [9.17, 15) is 26.4 Å². The molecule has 4 aromatic rings. The van der Waals surface area contributed by atoms with Gasteiger partial charge < -0.3 is 10.6 Å². The van der Waals surface area contributed by atoms with E-state index in [1.807, 2.05) is 23.3 Å². The molecule has 0 saturated carbocycles. The Balaban J connectivity index is 1.30. The highest BCUT2D eigenvalue weighted by Crippen LogP contribution is 2.19. The van der Waals surface area contributed by atoms with Gasteiger partial charge >= 0.3 is 12.1 Å². The zero-order chi connectivity index (χ0) is 31.4. The van der Waals surface area contributed by atoms with Crippen LogP contribution in [0.15, 0.2) is 94.7 Å². The Bertz CT molecular complexity index is 1750. The van der Waals surface area contributed by atoms with Crippen molar-refractivity contribution in [2.45, 2.75) is 43.9 Å². The molecular formula is C31H32N4O6S2. The lowest BCUT2D eigenvalue weighted by molar-refractivity contribution is 0.255. The fourth-order valence-corrected chi connectivity index (χ4v) is 6.79. The lowest BCUT2D eigenvalue weighted by Crippen LogP contribution is -2.34. The van der Waals surface area contributed by atoms with Crippen molar-refractivity contribution < 1.29 is 26.4 Å². The van der Waals surface area contributed by atoms with Crippen LogP contribution in [0.4, 0.5) is 21.0 Å². The van der Waals surface area contributed by atoms with E-state index in [1.54, 1.807) is 86.6 Å². The van der Waals surface area contributed by atoms with Crippen molar-refractivity contribution in [3.8, 4) is 0 Å². The van der Waals surface area contributed by atoms with Gasteiger partial charge in [-0.1, -0.05) is 59.7 Å². The van der Waals surface area contributed by atoms with E-state index in [0.717, 1.165) is 22.3 Å². The molecule has 0 atom stereocenters. The van der Waals surface area contributed by atoms with Gasteiger partial charge in [-0.15, -0.1) is 0 Å². The van der Waals surface area contributed by atoms with E-state index in [1.165, 1.54) is 12.1 Å². The molecule has 224 valence electrons. The molecule has 12 heteroatoms. The molecule has 4 amide bonds. The second-order valence-corrected chi connectivity index (χ2v) is 13.5. The van der Waals surface area contributed by atoms with Gasteiger partial charge in [-0.3, -0.25) is 0 Å². The van der Waals surface area contributed by atoms with Gasteiger partial charge in [0.05, 0.1) is 9.79 Å². The van der Waals surface area contributed by atoms with Crippen LogP contribution < -0.4 is 20.1 Å². The van der Waals surface area contributed by atoms with Crippen LogP contribution in [0.5, 0.6) is 0 Å². The SMILES string of the molecule is Cc1ccc(S(=O)(=O)NC(=O)Nc2ccc(Cc3ccc(NC(=O)NS(=O)(=O)c4ccc(C)cc4C)cc3)cc2)c(C)c1. The van der Waals surface area contributed by atoms with Crippen LogP contribution in [0.2, 0.25) is 0 Å². The van der Waals surface area contributed by atoms with E-state index < -0.39 is 32.1 Å². The van der Waals surface area contributed by atoms with Gasteiger partial charge in [0.2, 0.25) is 0 Å². The number of nitrogens with one attached hydrogen (secondary N) is 4. The predicted octanol–water partition coefficient (Wildman–Crippen LogP) is 5.53. The van der Waals surface area contributed by atoms with Crippen molar-refractivity contribution in [2.24, 2.45) is 0 Å². The Morgan fingerprint density at radius 2 is 0.884 bits per heavy atom. The summed E-state index contributed by atoms with van der Waals surface area (Å²) in [6.07, 6.45) is 0.543. The van der Waals surface area contributed by atoms with E-state index in [0.29, 0.717) is 28.9 Å². The third-order valence-electron chi connectivity index (χ3n) is 6.53. The molecule has 43 heavy (non-hydrogen) atoms. The molecule has 4 aromatic carbocycles. The van der Waals surface area contributed by atoms with Crippen LogP contribution in [0.25, 0.3) is 0 Å². The van der Waals surface area contributed by atoms with Crippen molar-refractivity contribution in [1.29, 1.82) is 0 Å². The monoisotopic (exact) mass is 620 g/mol. The summed E-state index contributed by atoms with van der Waals surface area (Å²) in [6, 6.07) is 21.8. The van der Waals surface area contributed by atoms with Gasteiger partial charge in [0, 0.05) is 11.4 Å². The Morgan fingerprint density at radius 3 is 1.21 bits per heavy atom. The summed E-state index contributed by atoms with van der Waals surface area (Å²) in [6.45, 7) is 7.04. The highest BCUT2D eigenvalue weighted by molar-refractivity contribution is 7.90. The van der Waals surface area contributed by atoms with Crippen molar-refractivity contribution in [2.75, 3.05) is 10.6 Å². The van der Waals surface area contributed by atoms with Crippen molar-refractivity contribution >= 4 is 43.5 Å². The molecule has 0 unspecified atom stereocenters. The predicted molar refractivity (Wildman–Crippen MR) is 166 cm³/mol. The van der Waals surface area contributed by atoms with Gasteiger partial charge in [0.1, 0.15) is 0 Å². The molecule has 4 rings (SSSR count). The summed E-state index contributed by atoms with van der Waals surface area (Å²) >= 11 is 0. The van der Waals surface area contributed by atoms with E-state index in [2.05, 4.69) is 10.6 Å². The van der Waals surface area contributed by atoms with Crippen LogP contribution in [0, 0.1) is 27.7 Å². The number of benzene rings is 4. The van der Waals surface area contributed by atoms with Crippen molar-refractivity contribution in [3.63, 3.8) is 0 Å². The smallest absolute Gasteiger partial charge is 0.307 e. The summed E-state index contributed by atoms with van der Waals surface area (Å²) in [4.78, 5) is 24.8. The largest absolute Gasteiger partial charge is 0.333 e. The number of sulfonamides is 2. The van der Waals surface area contributed by atoms with Crippen LogP contribution >= 0.6 is 0 Å². The average Bonchev–Trinajstić information content (AvgIpc) is 2.89. The Morgan fingerprint density at radius 1 is 0.535 bits per heavy atom.